The molecule has 0 spiro atoms. The van der Waals surface area contributed by atoms with Crippen molar-refractivity contribution in [1.82, 2.24) is 29.6 Å². The van der Waals surface area contributed by atoms with Crippen molar-refractivity contribution in [2.75, 3.05) is 11.9 Å². The standard InChI is InChI=1S/C18H21N7/c1-24-12-14(10-22-24)13-25-8-2-3-16(25)15-4-5-20-17(9-15)23-18-11-19-6-7-21-18/h4-7,9-12,16H,2-3,8,13H2,1H3,(H,20,21,23)/t16-/m0/s1. The second-order valence-electron chi connectivity index (χ2n) is 6.34. The number of nitrogens with zero attached hydrogens (tertiary/aromatic N) is 6. The van der Waals surface area contributed by atoms with E-state index in [1.807, 2.05) is 24.1 Å². The zero-order chi connectivity index (χ0) is 17.1. The number of pyridine rings is 1. The first-order chi connectivity index (χ1) is 12.3. The van der Waals surface area contributed by atoms with Gasteiger partial charge in [-0.15, -0.1) is 0 Å². The fourth-order valence-electron chi connectivity index (χ4n) is 3.40. The molecule has 4 rings (SSSR count). The molecule has 1 aliphatic rings. The molecule has 1 atom stereocenters. The largest absolute Gasteiger partial charge is 0.324 e. The third-order valence-corrected chi connectivity index (χ3v) is 4.50. The van der Waals surface area contributed by atoms with E-state index in [1.54, 1.807) is 18.6 Å². The first kappa shape index (κ1) is 15.7. The lowest BCUT2D eigenvalue weighted by Gasteiger charge is -2.24. The lowest BCUT2D eigenvalue weighted by atomic mass is 10.1. The Balaban J connectivity index is 1.51. The smallest absolute Gasteiger partial charge is 0.150 e. The monoisotopic (exact) mass is 335 g/mol. The second-order valence-corrected chi connectivity index (χ2v) is 6.34. The molecule has 0 saturated carbocycles. The Labute approximate surface area is 146 Å². The van der Waals surface area contributed by atoms with Gasteiger partial charge in [0.2, 0.25) is 0 Å². The summed E-state index contributed by atoms with van der Waals surface area (Å²) in [6, 6.07) is 4.63. The van der Waals surface area contributed by atoms with E-state index in [9.17, 15) is 0 Å². The minimum absolute atomic E-state index is 0.408. The number of hydrogen-bond acceptors (Lipinski definition) is 6. The summed E-state index contributed by atoms with van der Waals surface area (Å²) in [7, 11) is 1.96. The number of aryl methyl sites for hydroxylation is 1. The highest BCUT2D eigenvalue weighted by Gasteiger charge is 2.26. The summed E-state index contributed by atoms with van der Waals surface area (Å²) in [6.45, 7) is 2.03. The summed E-state index contributed by atoms with van der Waals surface area (Å²) in [5.41, 5.74) is 2.53. The molecule has 3 aromatic heterocycles. The molecule has 0 bridgehead atoms. The molecule has 128 valence electrons. The van der Waals surface area contributed by atoms with Crippen LogP contribution >= 0.6 is 0 Å². The minimum atomic E-state index is 0.408. The van der Waals surface area contributed by atoms with Gasteiger partial charge in [-0.1, -0.05) is 0 Å². The maximum atomic E-state index is 4.41. The van der Waals surface area contributed by atoms with Crippen LogP contribution in [0.2, 0.25) is 0 Å². The average Bonchev–Trinajstić information content (AvgIpc) is 3.25. The van der Waals surface area contributed by atoms with Gasteiger partial charge in [-0.2, -0.15) is 5.10 Å². The lowest BCUT2D eigenvalue weighted by Crippen LogP contribution is -2.22. The van der Waals surface area contributed by atoms with Gasteiger partial charge in [0.1, 0.15) is 11.6 Å². The molecule has 1 aliphatic heterocycles. The van der Waals surface area contributed by atoms with Crippen LogP contribution in [0, 0.1) is 0 Å². The van der Waals surface area contributed by atoms with Gasteiger partial charge < -0.3 is 5.32 Å². The lowest BCUT2D eigenvalue weighted by molar-refractivity contribution is 0.248. The quantitative estimate of drug-likeness (QED) is 0.773. The molecule has 0 unspecified atom stereocenters. The second kappa shape index (κ2) is 6.98. The Morgan fingerprint density at radius 3 is 2.88 bits per heavy atom. The van der Waals surface area contributed by atoms with Crippen molar-refractivity contribution in [3.05, 3.63) is 60.4 Å². The molecule has 0 aliphatic carbocycles. The molecule has 4 heterocycles. The van der Waals surface area contributed by atoms with Crippen LogP contribution in [0.3, 0.4) is 0 Å². The average molecular weight is 335 g/mol. The predicted molar refractivity (Wildman–Crippen MR) is 95.1 cm³/mol. The Hall–Kier alpha value is -2.80. The Kier molecular flexibility index (Phi) is 4.39. The van der Waals surface area contributed by atoms with Gasteiger partial charge in [-0.25, -0.2) is 9.97 Å². The van der Waals surface area contributed by atoms with Crippen LogP contribution in [0.25, 0.3) is 0 Å². The summed E-state index contributed by atoms with van der Waals surface area (Å²) < 4.78 is 1.86. The summed E-state index contributed by atoms with van der Waals surface area (Å²) >= 11 is 0. The van der Waals surface area contributed by atoms with Gasteiger partial charge >= 0.3 is 0 Å². The first-order valence-corrected chi connectivity index (χ1v) is 8.48. The summed E-state index contributed by atoms with van der Waals surface area (Å²) in [4.78, 5) is 15.2. The van der Waals surface area contributed by atoms with Gasteiger partial charge in [0.05, 0.1) is 12.4 Å². The van der Waals surface area contributed by atoms with Crippen molar-refractivity contribution in [3.63, 3.8) is 0 Å². The fraction of sp³-hybridized carbons (Fsp3) is 0.333. The van der Waals surface area contributed by atoms with Crippen LogP contribution < -0.4 is 5.32 Å². The molecule has 7 nitrogen and oxygen atoms in total. The van der Waals surface area contributed by atoms with Crippen molar-refractivity contribution in [3.8, 4) is 0 Å². The van der Waals surface area contributed by atoms with E-state index in [-0.39, 0.29) is 0 Å². The first-order valence-electron chi connectivity index (χ1n) is 8.48. The zero-order valence-electron chi connectivity index (χ0n) is 14.2. The van der Waals surface area contributed by atoms with E-state index in [2.05, 4.69) is 48.6 Å². The zero-order valence-corrected chi connectivity index (χ0v) is 14.2. The van der Waals surface area contributed by atoms with Crippen LogP contribution in [0.5, 0.6) is 0 Å². The van der Waals surface area contributed by atoms with Crippen molar-refractivity contribution in [2.45, 2.75) is 25.4 Å². The normalized spacial score (nSPS) is 17.7. The van der Waals surface area contributed by atoms with E-state index in [1.165, 1.54) is 17.5 Å². The van der Waals surface area contributed by atoms with Crippen LogP contribution in [-0.4, -0.2) is 36.2 Å². The van der Waals surface area contributed by atoms with Crippen molar-refractivity contribution >= 4 is 11.6 Å². The van der Waals surface area contributed by atoms with Gasteiger partial charge in [-0.05, 0) is 37.1 Å². The van der Waals surface area contributed by atoms with Gasteiger partial charge in [0, 0.05) is 50.0 Å². The Morgan fingerprint density at radius 2 is 2.08 bits per heavy atom. The number of nitrogens with one attached hydrogen (secondary N) is 1. The van der Waals surface area contributed by atoms with Gasteiger partial charge in [-0.3, -0.25) is 14.6 Å². The van der Waals surface area contributed by atoms with Crippen molar-refractivity contribution in [2.24, 2.45) is 7.05 Å². The topological polar surface area (TPSA) is 71.8 Å². The molecule has 1 N–H and O–H groups in total. The molecule has 1 fully saturated rings. The molecule has 0 amide bonds. The molecular weight excluding hydrogens is 314 g/mol. The molecule has 3 aromatic rings. The van der Waals surface area contributed by atoms with Crippen molar-refractivity contribution < 1.29 is 0 Å². The number of hydrogen-bond donors (Lipinski definition) is 1. The van der Waals surface area contributed by atoms with E-state index in [0.29, 0.717) is 11.9 Å². The molecule has 0 radical (unpaired) electrons. The summed E-state index contributed by atoms with van der Waals surface area (Å²) in [6.07, 6.45) is 13.3. The maximum Gasteiger partial charge on any atom is 0.150 e. The summed E-state index contributed by atoms with van der Waals surface area (Å²) in [5, 5.41) is 7.49. The fourth-order valence-corrected chi connectivity index (χ4v) is 3.40. The van der Waals surface area contributed by atoms with E-state index >= 15 is 0 Å². The van der Waals surface area contributed by atoms with Crippen LogP contribution in [-0.2, 0) is 13.6 Å². The number of aromatic nitrogens is 5. The highest BCUT2D eigenvalue weighted by atomic mass is 15.2. The molecule has 0 aromatic carbocycles. The third kappa shape index (κ3) is 3.66. The molecular formula is C18H21N7. The number of anilines is 2. The van der Waals surface area contributed by atoms with E-state index < -0.39 is 0 Å². The Bertz CT molecular complexity index is 830. The Morgan fingerprint density at radius 1 is 1.16 bits per heavy atom. The minimum Gasteiger partial charge on any atom is -0.324 e. The molecule has 25 heavy (non-hydrogen) atoms. The van der Waals surface area contributed by atoms with Crippen LogP contribution in [0.15, 0.2) is 49.3 Å². The van der Waals surface area contributed by atoms with Crippen molar-refractivity contribution in [1.29, 1.82) is 0 Å². The van der Waals surface area contributed by atoms with E-state index in [0.717, 1.165) is 25.3 Å². The van der Waals surface area contributed by atoms with Gasteiger partial charge in [0.25, 0.3) is 0 Å². The van der Waals surface area contributed by atoms with Crippen LogP contribution in [0.4, 0.5) is 11.6 Å². The third-order valence-electron chi connectivity index (χ3n) is 4.50. The maximum absolute atomic E-state index is 4.41. The molecule has 7 heteroatoms. The predicted octanol–water partition coefficient (Wildman–Crippen LogP) is 2.69. The highest BCUT2D eigenvalue weighted by molar-refractivity contribution is 5.51. The van der Waals surface area contributed by atoms with Gasteiger partial charge in [0.15, 0.2) is 0 Å². The summed E-state index contributed by atoms with van der Waals surface area (Å²) in [5.74, 6) is 1.50. The highest BCUT2D eigenvalue weighted by Crippen LogP contribution is 2.33. The molecule has 1 saturated heterocycles. The SMILES string of the molecule is Cn1cc(CN2CCC[C@H]2c2ccnc(Nc3cnccn3)c2)cn1. The van der Waals surface area contributed by atoms with E-state index in [4.69, 9.17) is 0 Å². The number of likely N-dealkylation sites (tertiary alicyclic amines) is 1. The van der Waals surface area contributed by atoms with Crippen LogP contribution in [0.1, 0.15) is 30.0 Å². The number of rotatable bonds is 5.